The second-order valence-electron chi connectivity index (χ2n) is 7.82. The molecule has 0 aliphatic carbocycles. The fourth-order valence-electron chi connectivity index (χ4n) is 4.11. The quantitative estimate of drug-likeness (QED) is 0.660. The van der Waals surface area contributed by atoms with E-state index in [0.717, 1.165) is 19.0 Å². The summed E-state index contributed by atoms with van der Waals surface area (Å²) in [6.45, 7) is 2.26. The van der Waals surface area contributed by atoms with Crippen LogP contribution >= 0.6 is 0 Å². The molecule has 1 fully saturated rings. The summed E-state index contributed by atoms with van der Waals surface area (Å²) in [6, 6.07) is 10.4. The number of hydrogen-bond donors (Lipinski definition) is 0. The number of ketones is 2. The number of fused-ring (bicyclic) bond motifs is 1. The van der Waals surface area contributed by atoms with Gasteiger partial charge >= 0.3 is 6.18 Å². The maximum Gasteiger partial charge on any atom is 0.416 e. The molecule has 0 spiro atoms. The smallest absolute Gasteiger partial charge is 0.416 e. The molecule has 2 heterocycles. The number of rotatable bonds is 5. The van der Waals surface area contributed by atoms with E-state index in [1.54, 1.807) is 24.3 Å². The number of likely N-dealkylation sites (tertiary alicyclic amines) is 1. The van der Waals surface area contributed by atoms with Crippen LogP contribution in [0.25, 0.3) is 0 Å². The predicted molar refractivity (Wildman–Crippen MR) is 105 cm³/mol. The highest BCUT2D eigenvalue weighted by atomic mass is 19.4. The molecule has 2 aromatic rings. The van der Waals surface area contributed by atoms with Gasteiger partial charge in [-0.25, -0.2) is 0 Å². The largest absolute Gasteiger partial charge is 0.492 e. The van der Waals surface area contributed by atoms with Gasteiger partial charge in [0.05, 0.1) is 17.7 Å². The lowest BCUT2D eigenvalue weighted by Crippen LogP contribution is -2.24. The molecule has 7 heteroatoms. The Morgan fingerprint density at radius 3 is 2.80 bits per heavy atom. The highest BCUT2D eigenvalue weighted by molar-refractivity contribution is 6.02. The number of nitrogens with zero attached hydrogens (tertiary/aromatic N) is 1. The molecule has 0 radical (unpaired) electrons. The molecule has 158 valence electrons. The highest BCUT2D eigenvalue weighted by Crippen LogP contribution is 2.34. The SMILES string of the molecule is O=C(CCN1CCC(c2cccc(C(F)(F)F)c2)C1)c1ccc2c(c1)OCCC2=O. The molecule has 0 saturated carbocycles. The maximum absolute atomic E-state index is 13.0. The summed E-state index contributed by atoms with van der Waals surface area (Å²) in [5, 5.41) is 0. The Kier molecular flexibility index (Phi) is 5.64. The topological polar surface area (TPSA) is 46.6 Å². The molecule has 0 bridgehead atoms. The zero-order valence-corrected chi connectivity index (χ0v) is 16.4. The van der Waals surface area contributed by atoms with E-state index < -0.39 is 11.7 Å². The summed E-state index contributed by atoms with van der Waals surface area (Å²) in [5.74, 6) is 0.475. The lowest BCUT2D eigenvalue weighted by molar-refractivity contribution is -0.137. The maximum atomic E-state index is 13.0. The van der Waals surface area contributed by atoms with Crippen molar-refractivity contribution in [2.75, 3.05) is 26.2 Å². The fraction of sp³-hybridized carbons (Fsp3) is 0.391. The van der Waals surface area contributed by atoms with Gasteiger partial charge in [0.2, 0.25) is 0 Å². The normalized spacial score (nSPS) is 19.4. The molecule has 2 aromatic carbocycles. The Bertz CT molecular complexity index is 970. The first-order chi connectivity index (χ1) is 14.3. The van der Waals surface area contributed by atoms with Gasteiger partial charge in [0.1, 0.15) is 5.75 Å². The Hall–Kier alpha value is -2.67. The van der Waals surface area contributed by atoms with Crippen molar-refractivity contribution >= 4 is 11.6 Å². The zero-order valence-electron chi connectivity index (χ0n) is 16.4. The van der Waals surface area contributed by atoms with Gasteiger partial charge in [0.25, 0.3) is 0 Å². The van der Waals surface area contributed by atoms with E-state index in [-0.39, 0.29) is 17.5 Å². The van der Waals surface area contributed by atoms with Crippen LogP contribution in [0.1, 0.15) is 57.0 Å². The lowest BCUT2D eigenvalue weighted by atomic mass is 9.96. The summed E-state index contributed by atoms with van der Waals surface area (Å²) in [4.78, 5) is 26.6. The Morgan fingerprint density at radius 2 is 2.00 bits per heavy atom. The number of Topliss-reactive ketones (excluding diaryl/α,β-unsaturated/α-hetero) is 2. The zero-order chi connectivity index (χ0) is 21.3. The van der Waals surface area contributed by atoms with Crippen LogP contribution < -0.4 is 4.74 Å². The Morgan fingerprint density at radius 1 is 1.17 bits per heavy atom. The summed E-state index contributed by atoms with van der Waals surface area (Å²) < 4.78 is 44.4. The van der Waals surface area contributed by atoms with Gasteiger partial charge in [0.15, 0.2) is 11.6 Å². The van der Waals surface area contributed by atoms with Crippen LogP contribution in [0, 0.1) is 0 Å². The van der Waals surface area contributed by atoms with E-state index in [9.17, 15) is 22.8 Å². The van der Waals surface area contributed by atoms with Gasteiger partial charge in [-0.3, -0.25) is 9.59 Å². The van der Waals surface area contributed by atoms with Crippen LogP contribution in [-0.4, -0.2) is 42.7 Å². The lowest BCUT2D eigenvalue weighted by Gasteiger charge is -2.18. The molecule has 1 unspecified atom stereocenters. The van der Waals surface area contributed by atoms with Crippen molar-refractivity contribution in [3.8, 4) is 5.75 Å². The van der Waals surface area contributed by atoms with Crippen molar-refractivity contribution < 1.29 is 27.5 Å². The van der Waals surface area contributed by atoms with Crippen LogP contribution in [0.4, 0.5) is 13.2 Å². The Labute approximate surface area is 172 Å². The average Bonchev–Trinajstić information content (AvgIpc) is 3.20. The summed E-state index contributed by atoms with van der Waals surface area (Å²) in [5.41, 5.74) is 1.09. The standard InChI is InChI=1S/C23H22F3NO3/c24-23(25,26)18-3-1-2-15(12-18)17-6-9-27(14-17)10-7-20(28)16-4-5-19-21(29)8-11-30-22(19)13-16/h1-5,12-13,17H,6-11,14H2. The van der Waals surface area contributed by atoms with E-state index in [4.69, 9.17) is 4.74 Å². The number of ether oxygens (including phenoxy) is 1. The molecule has 4 nitrogen and oxygen atoms in total. The third-order valence-electron chi connectivity index (χ3n) is 5.80. The van der Waals surface area contributed by atoms with Gasteiger partial charge in [0, 0.05) is 31.5 Å². The van der Waals surface area contributed by atoms with Crippen molar-refractivity contribution in [1.82, 2.24) is 4.90 Å². The number of halogens is 3. The van der Waals surface area contributed by atoms with E-state index in [0.29, 0.717) is 55.0 Å². The van der Waals surface area contributed by atoms with Crippen LogP contribution in [0.2, 0.25) is 0 Å². The second kappa shape index (κ2) is 8.22. The molecule has 2 aliphatic rings. The molecule has 0 N–H and O–H groups in total. The minimum absolute atomic E-state index is 0.0212. The van der Waals surface area contributed by atoms with Gasteiger partial charge in [-0.2, -0.15) is 13.2 Å². The van der Waals surface area contributed by atoms with Crippen LogP contribution in [0.15, 0.2) is 42.5 Å². The van der Waals surface area contributed by atoms with Crippen LogP contribution in [-0.2, 0) is 6.18 Å². The summed E-state index contributed by atoms with van der Waals surface area (Å²) in [6.07, 6.45) is -2.92. The number of alkyl halides is 3. The molecule has 0 aromatic heterocycles. The first-order valence-corrected chi connectivity index (χ1v) is 10.0. The molecule has 1 atom stereocenters. The molecule has 1 saturated heterocycles. The van der Waals surface area contributed by atoms with Gasteiger partial charge in [-0.05, 0) is 42.6 Å². The van der Waals surface area contributed by atoms with Crippen molar-refractivity contribution in [3.63, 3.8) is 0 Å². The first kappa shape index (κ1) is 20.6. The summed E-state index contributed by atoms with van der Waals surface area (Å²) >= 11 is 0. The molecule has 0 amide bonds. The number of carbonyl (C=O) groups excluding carboxylic acids is 2. The average molecular weight is 417 g/mol. The minimum Gasteiger partial charge on any atom is -0.492 e. The van der Waals surface area contributed by atoms with Crippen molar-refractivity contribution in [3.05, 3.63) is 64.7 Å². The van der Waals surface area contributed by atoms with Crippen molar-refractivity contribution in [2.24, 2.45) is 0 Å². The number of benzene rings is 2. The molecule has 30 heavy (non-hydrogen) atoms. The van der Waals surface area contributed by atoms with E-state index in [1.165, 1.54) is 12.1 Å². The molecule has 4 rings (SSSR count). The number of hydrogen-bond acceptors (Lipinski definition) is 4. The molecule has 2 aliphatic heterocycles. The highest BCUT2D eigenvalue weighted by Gasteiger charge is 2.32. The van der Waals surface area contributed by atoms with E-state index >= 15 is 0 Å². The summed E-state index contributed by atoms with van der Waals surface area (Å²) in [7, 11) is 0. The van der Waals surface area contributed by atoms with Gasteiger partial charge in [-0.15, -0.1) is 0 Å². The monoisotopic (exact) mass is 417 g/mol. The van der Waals surface area contributed by atoms with E-state index in [1.807, 2.05) is 0 Å². The van der Waals surface area contributed by atoms with Crippen LogP contribution in [0.3, 0.4) is 0 Å². The van der Waals surface area contributed by atoms with Crippen molar-refractivity contribution in [2.45, 2.75) is 31.4 Å². The third-order valence-corrected chi connectivity index (χ3v) is 5.80. The van der Waals surface area contributed by atoms with Gasteiger partial charge in [-0.1, -0.05) is 24.3 Å². The Balaban J connectivity index is 1.34. The number of carbonyl (C=O) groups is 2. The fourth-order valence-corrected chi connectivity index (χ4v) is 4.11. The van der Waals surface area contributed by atoms with Crippen LogP contribution in [0.5, 0.6) is 5.75 Å². The molecular formula is C23H22F3NO3. The van der Waals surface area contributed by atoms with Crippen molar-refractivity contribution in [1.29, 1.82) is 0 Å². The second-order valence-corrected chi connectivity index (χ2v) is 7.82. The van der Waals surface area contributed by atoms with E-state index in [2.05, 4.69) is 4.90 Å². The minimum atomic E-state index is -4.34. The molecular weight excluding hydrogens is 395 g/mol. The predicted octanol–water partition coefficient (Wildman–Crippen LogP) is 4.73. The first-order valence-electron chi connectivity index (χ1n) is 10.0. The third kappa shape index (κ3) is 4.41. The van der Waals surface area contributed by atoms with Gasteiger partial charge < -0.3 is 9.64 Å².